The Hall–Kier alpha value is -2.48. The summed E-state index contributed by atoms with van der Waals surface area (Å²) in [6, 6.07) is 6.41. The predicted molar refractivity (Wildman–Crippen MR) is 107 cm³/mol. The molecule has 1 fully saturated rings. The molecule has 1 heterocycles. The van der Waals surface area contributed by atoms with Crippen molar-refractivity contribution in [2.75, 3.05) is 19.6 Å². The van der Waals surface area contributed by atoms with Crippen molar-refractivity contribution in [2.24, 2.45) is 0 Å². The molecule has 0 saturated carbocycles. The molecule has 0 aromatic heterocycles. The van der Waals surface area contributed by atoms with Gasteiger partial charge in [-0.1, -0.05) is 12.1 Å². The molecule has 29 heavy (non-hydrogen) atoms. The van der Waals surface area contributed by atoms with Crippen LogP contribution in [-0.2, 0) is 25.5 Å². The summed E-state index contributed by atoms with van der Waals surface area (Å²) in [5.74, 6) is -0.709. The van der Waals surface area contributed by atoms with Crippen LogP contribution in [0.4, 0.5) is 5.69 Å². The van der Waals surface area contributed by atoms with Gasteiger partial charge in [-0.05, 0) is 47.1 Å². The maximum Gasteiger partial charge on any atom is 0.362 e. The molecule has 0 spiro atoms. The summed E-state index contributed by atoms with van der Waals surface area (Å²) in [5, 5.41) is 10.8. The van der Waals surface area contributed by atoms with Gasteiger partial charge in [0, 0.05) is 18.6 Å². The summed E-state index contributed by atoms with van der Waals surface area (Å²) in [6.07, 6.45) is 0.615. The number of nitrogens with zero attached hydrogens (tertiary/aromatic N) is 2. The van der Waals surface area contributed by atoms with Gasteiger partial charge in [-0.2, -0.15) is 0 Å². The number of quaternary nitrogens is 1. The van der Waals surface area contributed by atoms with Gasteiger partial charge in [0.15, 0.2) is 13.1 Å². The normalized spacial score (nSPS) is 18.1. The number of rotatable bonds is 7. The minimum Gasteiger partial charge on any atom is -0.456 e. The fourth-order valence-electron chi connectivity index (χ4n) is 3.36. The first-order chi connectivity index (χ1) is 13.2. The standard InChI is InChI=1S/C21H31N2O6/c1-20(2,3)28-18(24)13-23(14-19(25)29-21(4,5)6)12-17(23)11-15-7-9-16(10-8-15)22(26)27/h7-10,17H,11-14H2,1-6H3/q+1/t17-/m0/s1. The topological polar surface area (TPSA) is 95.7 Å². The third-order valence-corrected chi connectivity index (χ3v) is 4.56. The van der Waals surface area contributed by atoms with Crippen LogP contribution in [-0.4, -0.2) is 58.2 Å². The molecule has 1 saturated heterocycles. The summed E-state index contributed by atoms with van der Waals surface area (Å²) in [5.41, 5.74) is -0.241. The molecule has 0 aliphatic carbocycles. The molecule has 0 amide bonds. The molecule has 0 radical (unpaired) electrons. The molecule has 1 aliphatic rings. The number of carbonyl (C=O) groups excluding carboxylic acids is 2. The van der Waals surface area contributed by atoms with Gasteiger partial charge in [0.05, 0.1) is 4.92 Å². The van der Waals surface area contributed by atoms with Crippen LogP contribution in [0.25, 0.3) is 0 Å². The Morgan fingerprint density at radius 1 is 1.00 bits per heavy atom. The van der Waals surface area contributed by atoms with E-state index in [0.29, 0.717) is 13.0 Å². The van der Waals surface area contributed by atoms with Crippen molar-refractivity contribution in [3.63, 3.8) is 0 Å². The number of ether oxygens (including phenoxy) is 2. The minimum absolute atomic E-state index is 0.0350. The molecular weight excluding hydrogens is 376 g/mol. The molecule has 0 unspecified atom stereocenters. The van der Waals surface area contributed by atoms with E-state index in [1.807, 2.05) is 0 Å². The number of esters is 2. The lowest BCUT2D eigenvalue weighted by Gasteiger charge is -2.25. The van der Waals surface area contributed by atoms with Crippen molar-refractivity contribution in [3.05, 3.63) is 39.9 Å². The summed E-state index contributed by atoms with van der Waals surface area (Å²) < 4.78 is 11.2. The van der Waals surface area contributed by atoms with Crippen molar-refractivity contribution >= 4 is 17.6 Å². The molecule has 0 bridgehead atoms. The molecule has 8 nitrogen and oxygen atoms in total. The molecule has 0 N–H and O–H groups in total. The van der Waals surface area contributed by atoms with E-state index in [1.54, 1.807) is 53.7 Å². The van der Waals surface area contributed by atoms with Gasteiger partial charge in [0.2, 0.25) is 0 Å². The molecule has 1 aromatic carbocycles. The van der Waals surface area contributed by atoms with Crippen LogP contribution < -0.4 is 0 Å². The average Bonchev–Trinajstić information content (AvgIpc) is 3.14. The van der Waals surface area contributed by atoms with Gasteiger partial charge in [0.1, 0.15) is 23.8 Å². The average molecular weight is 407 g/mol. The quantitative estimate of drug-likeness (QED) is 0.227. The van der Waals surface area contributed by atoms with Gasteiger partial charge in [0.25, 0.3) is 5.69 Å². The molecule has 1 aliphatic heterocycles. The van der Waals surface area contributed by atoms with E-state index in [1.165, 1.54) is 12.1 Å². The Bertz CT molecular complexity index is 744. The van der Waals surface area contributed by atoms with E-state index in [2.05, 4.69) is 0 Å². The summed E-state index contributed by atoms with van der Waals surface area (Å²) in [6.45, 7) is 11.7. The number of non-ortho nitro benzene ring substituents is 1. The highest BCUT2D eigenvalue weighted by molar-refractivity contribution is 5.74. The molecule has 1 atom stereocenters. The highest BCUT2D eigenvalue weighted by Crippen LogP contribution is 2.34. The van der Waals surface area contributed by atoms with Crippen LogP contribution >= 0.6 is 0 Å². The third kappa shape index (κ3) is 7.12. The zero-order valence-electron chi connectivity index (χ0n) is 18.1. The molecular formula is C21H31N2O6+. The van der Waals surface area contributed by atoms with Crippen LogP contribution in [0.2, 0.25) is 0 Å². The van der Waals surface area contributed by atoms with E-state index in [-0.39, 0.29) is 41.2 Å². The molecule has 2 rings (SSSR count). The van der Waals surface area contributed by atoms with E-state index >= 15 is 0 Å². The Kier molecular flexibility index (Phi) is 6.37. The van der Waals surface area contributed by atoms with Gasteiger partial charge in [-0.3, -0.25) is 14.6 Å². The molecule has 8 heteroatoms. The van der Waals surface area contributed by atoms with Crippen LogP contribution in [0.3, 0.4) is 0 Å². The van der Waals surface area contributed by atoms with Crippen LogP contribution in [0, 0.1) is 10.1 Å². The van der Waals surface area contributed by atoms with Crippen LogP contribution in [0.5, 0.6) is 0 Å². The van der Waals surface area contributed by atoms with Crippen molar-refractivity contribution in [3.8, 4) is 0 Å². The lowest BCUT2D eigenvalue weighted by Crippen LogP contribution is -2.43. The zero-order valence-corrected chi connectivity index (χ0v) is 18.1. The van der Waals surface area contributed by atoms with Crippen molar-refractivity contribution < 1.29 is 28.5 Å². The lowest BCUT2D eigenvalue weighted by molar-refractivity contribution is -0.798. The maximum absolute atomic E-state index is 12.4. The second kappa shape index (κ2) is 8.10. The summed E-state index contributed by atoms with van der Waals surface area (Å²) in [4.78, 5) is 35.2. The summed E-state index contributed by atoms with van der Waals surface area (Å²) >= 11 is 0. The van der Waals surface area contributed by atoms with Gasteiger partial charge in [-0.25, -0.2) is 9.59 Å². The highest BCUT2D eigenvalue weighted by atomic mass is 16.6. The van der Waals surface area contributed by atoms with E-state index in [9.17, 15) is 19.7 Å². The fraction of sp³-hybridized carbons (Fsp3) is 0.619. The number of carbonyl (C=O) groups is 2. The van der Waals surface area contributed by atoms with Gasteiger partial charge >= 0.3 is 11.9 Å². The van der Waals surface area contributed by atoms with E-state index in [4.69, 9.17) is 9.47 Å². The Labute approximate surface area is 171 Å². The van der Waals surface area contributed by atoms with Gasteiger partial charge < -0.3 is 9.47 Å². The van der Waals surface area contributed by atoms with E-state index in [0.717, 1.165) is 5.56 Å². The van der Waals surface area contributed by atoms with Crippen molar-refractivity contribution in [2.45, 2.75) is 65.2 Å². The molecule has 1 aromatic rings. The first kappa shape index (κ1) is 22.8. The highest BCUT2D eigenvalue weighted by Gasteiger charge is 2.57. The number of hydrogen-bond donors (Lipinski definition) is 0. The number of benzene rings is 1. The van der Waals surface area contributed by atoms with E-state index < -0.39 is 16.1 Å². The van der Waals surface area contributed by atoms with Crippen LogP contribution in [0.15, 0.2) is 24.3 Å². The predicted octanol–water partition coefficient (Wildman–Crippen LogP) is 3.02. The first-order valence-corrected chi connectivity index (χ1v) is 9.72. The summed E-state index contributed by atoms with van der Waals surface area (Å²) in [7, 11) is 0. The van der Waals surface area contributed by atoms with Gasteiger partial charge in [-0.15, -0.1) is 0 Å². The lowest BCUT2D eigenvalue weighted by atomic mass is 10.1. The Morgan fingerprint density at radius 3 is 1.83 bits per heavy atom. The number of hydrogen-bond acceptors (Lipinski definition) is 6. The fourth-order valence-corrected chi connectivity index (χ4v) is 3.36. The second-order valence-electron chi connectivity index (χ2n) is 9.67. The first-order valence-electron chi connectivity index (χ1n) is 9.72. The zero-order chi connectivity index (χ0) is 22.0. The second-order valence-corrected chi connectivity index (χ2v) is 9.67. The SMILES string of the molecule is CC(C)(C)OC(=O)C[N+]1(CC(=O)OC(C)(C)C)C[C@@H]1Cc1ccc([N+](=O)[O-])cc1. The maximum atomic E-state index is 12.4. The monoisotopic (exact) mass is 407 g/mol. The Balaban J connectivity index is 2.11. The van der Waals surface area contributed by atoms with Crippen LogP contribution in [0.1, 0.15) is 47.1 Å². The van der Waals surface area contributed by atoms with Crippen molar-refractivity contribution in [1.82, 2.24) is 0 Å². The molecule has 160 valence electrons. The number of nitro groups is 1. The number of nitro benzene ring substituents is 1. The smallest absolute Gasteiger partial charge is 0.362 e. The van der Waals surface area contributed by atoms with Crippen molar-refractivity contribution in [1.29, 1.82) is 0 Å². The largest absolute Gasteiger partial charge is 0.456 e. The Morgan fingerprint density at radius 2 is 1.45 bits per heavy atom. The minimum atomic E-state index is -0.600. The third-order valence-electron chi connectivity index (χ3n) is 4.56.